The third kappa shape index (κ3) is 4.31. The van der Waals surface area contributed by atoms with Crippen LogP contribution < -0.4 is 25.4 Å². The Hall–Kier alpha value is -6.98. The average molecular weight is 773 g/mol. The van der Waals surface area contributed by atoms with Crippen molar-refractivity contribution in [2.24, 2.45) is 0 Å². The van der Waals surface area contributed by atoms with Crippen LogP contribution in [0.25, 0.3) is 55.3 Å². The maximum absolute atomic E-state index is 6.84. The van der Waals surface area contributed by atoms with E-state index >= 15 is 0 Å². The largest absolute Gasteiger partial charge is 0.456 e. The fourth-order valence-corrected chi connectivity index (χ4v) is 11.1. The minimum Gasteiger partial charge on any atom is -0.456 e. The highest BCUT2D eigenvalue weighted by Crippen LogP contribution is 2.61. The van der Waals surface area contributed by atoms with Gasteiger partial charge in [0.05, 0.1) is 28.1 Å². The molecule has 0 amide bonds. The molecule has 60 heavy (non-hydrogen) atoms. The van der Waals surface area contributed by atoms with Gasteiger partial charge in [-0.2, -0.15) is 0 Å². The van der Waals surface area contributed by atoms with E-state index in [0.29, 0.717) is 0 Å². The first-order valence-electron chi connectivity index (χ1n) is 21.1. The van der Waals surface area contributed by atoms with Gasteiger partial charge < -0.3 is 18.9 Å². The molecule has 5 heteroatoms. The van der Waals surface area contributed by atoms with Crippen LogP contribution in [0.5, 0.6) is 11.5 Å². The molecule has 0 saturated heterocycles. The van der Waals surface area contributed by atoms with Crippen LogP contribution in [-0.2, 0) is 10.8 Å². The Kier molecular flexibility index (Phi) is 6.57. The van der Waals surface area contributed by atoms with Gasteiger partial charge in [-0.25, -0.2) is 0 Å². The topological polar surface area (TPSA) is 28.9 Å². The summed E-state index contributed by atoms with van der Waals surface area (Å²) in [6.07, 6.45) is 0. The van der Waals surface area contributed by atoms with Gasteiger partial charge in [0, 0.05) is 27.6 Å². The van der Waals surface area contributed by atoms with E-state index in [1.54, 1.807) is 0 Å². The molecule has 0 N–H and O–H groups in total. The maximum Gasteiger partial charge on any atom is 0.333 e. The molecule has 0 radical (unpaired) electrons. The normalized spacial score (nSPS) is 14.9. The second-order valence-electron chi connectivity index (χ2n) is 18.4. The summed E-state index contributed by atoms with van der Waals surface area (Å²) in [5.74, 6) is 1.75. The monoisotopic (exact) mass is 772 g/mol. The van der Waals surface area contributed by atoms with Crippen LogP contribution in [0.15, 0.2) is 162 Å². The molecule has 0 bridgehead atoms. The summed E-state index contributed by atoms with van der Waals surface area (Å²) < 4.78 is 13.6. The van der Waals surface area contributed by atoms with E-state index in [2.05, 4.69) is 202 Å². The quantitative estimate of drug-likeness (QED) is 0.164. The molecule has 9 aromatic rings. The van der Waals surface area contributed by atoms with Crippen LogP contribution in [0.4, 0.5) is 28.4 Å². The van der Waals surface area contributed by atoms with E-state index in [0.717, 1.165) is 56.2 Å². The Morgan fingerprint density at radius 3 is 2.18 bits per heavy atom. The number of rotatable bonds is 2. The zero-order valence-corrected chi connectivity index (χ0v) is 34.3. The summed E-state index contributed by atoms with van der Waals surface area (Å²) in [5.41, 5.74) is 21.2. The van der Waals surface area contributed by atoms with E-state index in [1.807, 2.05) is 0 Å². The molecule has 0 fully saturated rings. The third-order valence-electron chi connectivity index (χ3n) is 13.7. The Morgan fingerprint density at radius 1 is 0.567 bits per heavy atom. The lowest BCUT2D eigenvalue weighted by molar-refractivity contribution is 0.478. The van der Waals surface area contributed by atoms with Crippen molar-refractivity contribution in [3.8, 4) is 44.9 Å². The van der Waals surface area contributed by atoms with E-state index in [1.165, 1.54) is 66.7 Å². The Bertz CT molecular complexity index is 3340. The molecule has 286 valence electrons. The van der Waals surface area contributed by atoms with Crippen molar-refractivity contribution in [3.63, 3.8) is 0 Å². The molecule has 1 aliphatic carbocycles. The van der Waals surface area contributed by atoms with Gasteiger partial charge >= 0.3 is 6.85 Å². The van der Waals surface area contributed by atoms with Crippen molar-refractivity contribution in [1.82, 2.24) is 0 Å². The van der Waals surface area contributed by atoms with E-state index in [9.17, 15) is 0 Å². The van der Waals surface area contributed by atoms with Crippen molar-refractivity contribution in [2.45, 2.75) is 45.4 Å². The van der Waals surface area contributed by atoms with Gasteiger partial charge in [-0.3, -0.25) is 0 Å². The van der Waals surface area contributed by atoms with Crippen LogP contribution in [0.2, 0.25) is 0 Å². The highest BCUT2D eigenvalue weighted by atomic mass is 16.5. The molecule has 0 spiro atoms. The molecule has 3 aliphatic heterocycles. The molecule has 13 rings (SSSR count). The van der Waals surface area contributed by atoms with Crippen LogP contribution >= 0.6 is 0 Å². The lowest BCUT2D eigenvalue weighted by Crippen LogP contribution is -2.62. The molecular formula is C55H41BN2O2. The number of anilines is 5. The van der Waals surface area contributed by atoms with Crippen molar-refractivity contribution in [2.75, 3.05) is 9.71 Å². The molecular weight excluding hydrogens is 731 g/mol. The summed E-state index contributed by atoms with van der Waals surface area (Å²) in [5, 5.41) is 2.23. The molecule has 1 aromatic heterocycles. The summed E-state index contributed by atoms with van der Waals surface area (Å²) in [7, 11) is 0. The van der Waals surface area contributed by atoms with Gasteiger partial charge in [-0.1, -0.05) is 144 Å². The molecule has 4 aliphatic rings. The van der Waals surface area contributed by atoms with E-state index in [4.69, 9.17) is 9.15 Å². The fraction of sp³-hybridized carbons (Fsp3) is 0.127. The SMILES string of the molecule is CC(C)(C)c1ccc(N2c3cc4c(c5c3B(c3ccc6oc7ccccc7c6c32)N2c3ccccc3Oc3cccc-5c32)C(C)(C)c2ccccc2-4)c(-c2ccccc2)c1. The van der Waals surface area contributed by atoms with Gasteiger partial charge in [0.15, 0.2) is 5.75 Å². The van der Waals surface area contributed by atoms with Crippen LogP contribution in [0.3, 0.4) is 0 Å². The number of fused-ring (bicyclic) bond motifs is 14. The predicted octanol–water partition coefficient (Wildman–Crippen LogP) is 13.7. The highest BCUT2D eigenvalue weighted by molar-refractivity contribution is 6.94. The van der Waals surface area contributed by atoms with Crippen molar-refractivity contribution in [3.05, 3.63) is 174 Å². The summed E-state index contributed by atoms with van der Waals surface area (Å²) in [4.78, 5) is 5.20. The van der Waals surface area contributed by atoms with Crippen molar-refractivity contribution in [1.29, 1.82) is 0 Å². The van der Waals surface area contributed by atoms with Gasteiger partial charge in [0.25, 0.3) is 0 Å². The number of hydrogen-bond donors (Lipinski definition) is 0. The summed E-state index contributed by atoms with van der Waals surface area (Å²) >= 11 is 0. The van der Waals surface area contributed by atoms with E-state index in [-0.39, 0.29) is 17.7 Å². The highest BCUT2D eigenvalue weighted by Gasteiger charge is 2.52. The van der Waals surface area contributed by atoms with Gasteiger partial charge in [0.1, 0.15) is 16.9 Å². The zero-order valence-electron chi connectivity index (χ0n) is 34.3. The minimum absolute atomic E-state index is 0.0475. The summed E-state index contributed by atoms with van der Waals surface area (Å²) in [6.45, 7) is 11.6. The number of hydrogen-bond acceptors (Lipinski definition) is 4. The van der Waals surface area contributed by atoms with Gasteiger partial charge in [-0.15, -0.1) is 0 Å². The molecule has 8 aromatic carbocycles. The molecule has 0 saturated carbocycles. The number of furan rings is 1. The first kappa shape index (κ1) is 33.9. The molecule has 4 nitrogen and oxygen atoms in total. The molecule has 4 heterocycles. The Balaban J connectivity index is 1.25. The lowest BCUT2D eigenvalue weighted by atomic mass is 9.42. The number of benzene rings is 8. The Morgan fingerprint density at radius 2 is 1.32 bits per heavy atom. The standard InChI is InChI=1S/C55H41BN2O2/c1-54(2,3)33-26-28-41(37(30-33)32-16-7-6-8-17-32)57-43-31-38-34-18-9-11-21-39(34)55(4,5)50(38)49-36-20-15-25-47-52(36)58(42-22-12-14-24-45(42)60-47)56(51(43)49)40-27-29-46-48(53(40)57)35-19-10-13-23-44(35)59-46/h6-31H,1-5H3. The van der Waals surface area contributed by atoms with Crippen molar-refractivity contribution < 1.29 is 9.15 Å². The predicted molar refractivity (Wildman–Crippen MR) is 249 cm³/mol. The fourth-order valence-electron chi connectivity index (χ4n) is 11.1. The zero-order chi connectivity index (χ0) is 40.2. The van der Waals surface area contributed by atoms with Crippen LogP contribution in [0.1, 0.15) is 51.3 Å². The van der Waals surface area contributed by atoms with Gasteiger partial charge in [-0.05, 0) is 104 Å². The first-order valence-corrected chi connectivity index (χ1v) is 21.1. The second-order valence-corrected chi connectivity index (χ2v) is 18.4. The summed E-state index contributed by atoms with van der Waals surface area (Å²) in [6, 6.07) is 58.0. The minimum atomic E-state index is -0.251. The smallest absolute Gasteiger partial charge is 0.333 e. The average Bonchev–Trinajstić information content (AvgIpc) is 3.76. The maximum atomic E-state index is 6.84. The molecule has 0 atom stereocenters. The number of para-hydroxylation sites is 4. The first-order chi connectivity index (χ1) is 29.2. The lowest BCUT2D eigenvalue weighted by Gasteiger charge is -2.49. The second kappa shape index (κ2) is 11.6. The van der Waals surface area contributed by atoms with E-state index < -0.39 is 0 Å². The van der Waals surface area contributed by atoms with Crippen LogP contribution in [-0.4, -0.2) is 6.85 Å². The van der Waals surface area contributed by atoms with Gasteiger partial charge in [0.2, 0.25) is 0 Å². The number of ether oxygens (including phenoxy) is 1. The van der Waals surface area contributed by atoms with Crippen molar-refractivity contribution >= 4 is 68.1 Å². The third-order valence-corrected chi connectivity index (χ3v) is 13.7. The van der Waals surface area contributed by atoms with Crippen LogP contribution in [0, 0.1) is 0 Å². The molecule has 0 unspecified atom stereocenters. The Labute approximate surface area is 350 Å². The number of nitrogens with zero attached hydrogens (tertiary/aromatic N) is 2.